The summed E-state index contributed by atoms with van der Waals surface area (Å²) >= 11 is 0. The molecule has 4 heterocycles. The number of hydrogen-bond donors (Lipinski definition) is 10. The van der Waals surface area contributed by atoms with Crippen LogP contribution < -0.4 is 0 Å². The van der Waals surface area contributed by atoms with Crippen LogP contribution in [-0.2, 0) is 38.0 Å². The molecule has 0 bridgehead atoms. The van der Waals surface area contributed by atoms with E-state index in [2.05, 4.69) is 19.7 Å². The fraction of sp³-hybridized carbons (Fsp3) is 0.788. The number of fused-ring (bicyclic) bond motifs is 3. The molecule has 0 aromatic carbocycles. The summed E-state index contributed by atoms with van der Waals surface area (Å²) in [7, 11) is 0. The summed E-state index contributed by atoms with van der Waals surface area (Å²) in [6.07, 6.45) is -24.9. The number of esters is 1. The van der Waals surface area contributed by atoms with Crippen LogP contribution in [0, 0.1) is 17.8 Å². The minimum Gasteiger partial charge on any atom is -0.458 e. The number of carbonyl (C=O) groups is 1. The molecule has 288 valence electrons. The third kappa shape index (κ3) is 6.95. The molecule has 18 nitrogen and oxygen atoms in total. The van der Waals surface area contributed by atoms with Gasteiger partial charge in [0.2, 0.25) is 0 Å². The fourth-order valence-corrected chi connectivity index (χ4v) is 8.14. The number of aliphatic hydroxyl groups excluding tert-OH is 10. The highest BCUT2D eigenvalue weighted by Crippen LogP contribution is 2.53. The molecule has 6 fully saturated rings. The highest BCUT2D eigenvalue weighted by molar-refractivity contribution is 5.91. The number of allylic oxidation sites excluding steroid dienone is 1. The van der Waals surface area contributed by atoms with Gasteiger partial charge in [0.1, 0.15) is 79.4 Å². The first-order valence-corrected chi connectivity index (χ1v) is 17.0. The van der Waals surface area contributed by atoms with Gasteiger partial charge in [0.25, 0.3) is 0 Å². The molecule has 20 unspecified atom stereocenters. The summed E-state index contributed by atoms with van der Waals surface area (Å²) in [4.78, 5) is 12.4. The molecule has 2 saturated carbocycles. The first-order valence-electron chi connectivity index (χ1n) is 17.0. The molecule has 0 spiro atoms. The maximum atomic E-state index is 12.4. The van der Waals surface area contributed by atoms with Crippen LogP contribution in [-0.4, -0.2) is 181 Å². The molecule has 0 aromatic rings. The molecular weight excluding hydrogens is 684 g/mol. The monoisotopic (exact) mass is 732 g/mol. The van der Waals surface area contributed by atoms with Gasteiger partial charge in [-0.1, -0.05) is 25.3 Å². The van der Waals surface area contributed by atoms with Gasteiger partial charge in [0.05, 0.1) is 25.9 Å². The van der Waals surface area contributed by atoms with Gasteiger partial charge in [0.15, 0.2) is 18.9 Å². The Hall–Kier alpha value is -1.95. The average molecular weight is 733 g/mol. The number of hydrogen-bond acceptors (Lipinski definition) is 18. The lowest BCUT2D eigenvalue weighted by atomic mass is 9.82. The van der Waals surface area contributed by atoms with Crippen molar-refractivity contribution in [2.45, 2.75) is 124 Å². The predicted molar refractivity (Wildman–Crippen MR) is 166 cm³/mol. The zero-order valence-electron chi connectivity index (χ0n) is 27.6. The smallest absolute Gasteiger partial charge is 0.334 e. The van der Waals surface area contributed by atoms with Gasteiger partial charge in [-0.05, 0) is 30.8 Å². The summed E-state index contributed by atoms with van der Waals surface area (Å²) in [6.45, 7) is 10.0. The number of aliphatic hydroxyl groups is 10. The lowest BCUT2D eigenvalue weighted by Crippen LogP contribution is -2.66. The number of carbonyl (C=O) groups excluding carboxylic acids is 1. The largest absolute Gasteiger partial charge is 0.458 e. The molecular formula is C33H48O18. The van der Waals surface area contributed by atoms with E-state index in [1.165, 1.54) is 0 Å². The molecule has 18 heteroatoms. The first-order chi connectivity index (χ1) is 24.2. The van der Waals surface area contributed by atoms with E-state index in [-0.39, 0.29) is 17.8 Å². The molecule has 6 aliphatic rings. The standard InChI is InChI=1S/C33H48O18/c1-10-4-5-13-11(2)30(44)49-27(13)19-12(3)15(6-14(10)19)45-33-26(43)29(21(38)17(8-35)47-33)51-32-25(42)23(40)28(18(9-36)48-32)50-31-24(41)22(39)20(37)16(7-34)46-31/h13-29,31-43H,1-9H2. The van der Waals surface area contributed by atoms with Crippen LogP contribution in [0.5, 0.6) is 0 Å². The van der Waals surface area contributed by atoms with Gasteiger partial charge in [-0.2, -0.15) is 0 Å². The van der Waals surface area contributed by atoms with E-state index < -0.39 is 130 Å². The summed E-state index contributed by atoms with van der Waals surface area (Å²) in [5.41, 5.74) is 1.89. The van der Waals surface area contributed by atoms with Gasteiger partial charge in [-0.15, -0.1) is 0 Å². The summed E-state index contributed by atoms with van der Waals surface area (Å²) < 4.78 is 40.0. The Labute approximate surface area is 292 Å². The molecule has 51 heavy (non-hydrogen) atoms. The number of rotatable bonds is 9. The van der Waals surface area contributed by atoms with Crippen LogP contribution in [0.4, 0.5) is 0 Å². The zero-order chi connectivity index (χ0) is 37.0. The SMILES string of the molecule is C=C1C(=O)OC2C1CCC(=C)C1CC(OC3OC(CO)C(O)C(OC4OC(CO)C(OC5OC(CO)C(O)C(O)C5O)C(O)C4O)C3O)C(=C)C12. The lowest BCUT2D eigenvalue weighted by Gasteiger charge is -2.48. The van der Waals surface area contributed by atoms with Gasteiger partial charge in [-0.25, -0.2) is 4.79 Å². The summed E-state index contributed by atoms with van der Waals surface area (Å²) in [5.74, 6) is -1.19. The van der Waals surface area contributed by atoms with Crippen molar-refractivity contribution >= 4 is 5.97 Å². The Balaban J connectivity index is 1.15. The van der Waals surface area contributed by atoms with Crippen molar-refractivity contribution in [2.75, 3.05) is 19.8 Å². The van der Waals surface area contributed by atoms with Crippen LogP contribution in [0.3, 0.4) is 0 Å². The van der Waals surface area contributed by atoms with Crippen LogP contribution in [0.25, 0.3) is 0 Å². The molecule has 20 atom stereocenters. The minimum atomic E-state index is -1.97. The summed E-state index contributed by atoms with van der Waals surface area (Å²) in [5, 5.41) is 105. The van der Waals surface area contributed by atoms with Crippen LogP contribution >= 0.6 is 0 Å². The second kappa shape index (κ2) is 15.4. The molecule has 10 N–H and O–H groups in total. The maximum Gasteiger partial charge on any atom is 0.334 e. The normalized spacial score (nSPS) is 50.5. The zero-order valence-corrected chi connectivity index (χ0v) is 27.6. The second-order valence-corrected chi connectivity index (χ2v) is 14.1. The Bertz CT molecular complexity index is 1310. The molecule has 4 saturated heterocycles. The Morgan fingerprint density at radius 1 is 0.627 bits per heavy atom. The topological polar surface area (TPSA) is 284 Å². The molecule has 4 aliphatic heterocycles. The van der Waals surface area contributed by atoms with E-state index >= 15 is 0 Å². The highest BCUT2D eigenvalue weighted by Gasteiger charge is 2.57. The average Bonchev–Trinajstić information content (AvgIpc) is 3.54. The van der Waals surface area contributed by atoms with Gasteiger partial charge in [-0.3, -0.25) is 0 Å². The van der Waals surface area contributed by atoms with E-state index in [1.807, 2.05) is 0 Å². The predicted octanol–water partition coefficient (Wildman–Crippen LogP) is -4.54. The molecule has 0 aromatic heterocycles. The first kappa shape index (κ1) is 38.8. The van der Waals surface area contributed by atoms with Gasteiger partial charge in [0, 0.05) is 17.4 Å². The summed E-state index contributed by atoms with van der Waals surface area (Å²) in [6, 6.07) is 0. The van der Waals surface area contributed by atoms with Crippen molar-refractivity contribution in [3.05, 3.63) is 36.5 Å². The van der Waals surface area contributed by atoms with Crippen LogP contribution in [0.2, 0.25) is 0 Å². The van der Waals surface area contributed by atoms with Crippen LogP contribution in [0.1, 0.15) is 19.3 Å². The van der Waals surface area contributed by atoms with Crippen molar-refractivity contribution in [3.63, 3.8) is 0 Å². The van der Waals surface area contributed by atoms with E-state index in [9.17, 15) is 55.9 Å². The molecule has 0 amide bonds. The third-order valence-electron chi connectivity index (χ3n) is 11.1. The third-order valence-corrected chi connectivity index (χ3v) is 11.1. The Morgan fingerprint density at radius 2 is 1.18 bits per heavy atom. The van der Waals surface area contributed by atoms with Crippen molar-refractivity contribution < 1.29 is 89.0 Å². The van der Waals surface area contributed by atoms with E-state index in [0.717, 1.165) is 5.57 Å². The fourth-order valence-electron chi connectivity index (χ4n) is 8.14. The van der Waals surface area contributed by atoms with Crippen molar-refractivity contribution in [3.8, 4) is 0 Å². The second-order valence-electron chi connectivity index (χ2n) is 14.1. The van der Waals surface area contributed by atoms with E-state index in [1.54, 1.807) is 0 Å². The van der Waals surface area contributed by atoms with Crippen molar-refractivity contribution in [1.82, 2.24) is 0 Å². The molecule has 2 aliphatic carbocycles. The van der Waals surface area contributed by atoms with E-state index in [4.69, 9.17) is 33.2 Å². The highest BCUT2D eigenvalue weighted by atomic mass is 16.8. The molecule has 6 rings (SSSR count). The van der Waals surface area contributed by atoms with Crippen molar-refractivity contribution in [1.29, 1.82) is 0 Å². The Kier molecular flexibility index (Phi) is 11.7. The van der Waals surface area contributed by atoms with Crippen LogP contribution in [0.15, 0.2) is 36.5 Å². The molecule has 0 radical (unpaired) electrons. The van der Waals surface area contributed by atoms with E-state index in [0.29, 0.717) is 30.4 Å². The Morgan fingerprint density at radius 3 is 1.80 bits per heavy atom. The number of ether oxygens (including phenoxy) is 7. The maximum absolute atomic E-state index is 12.4. The van der Waals surface area contributed by atoms with Crippen molar-refractivity contribution in [2.24, 2.45) is 17.8 Å². The quantitative estimate of drug-likeness (QED) is 0.0607. The lowest BCUT2D eigenvalue weighted by molar-refractivity contribution is -0.381. The van der Waals surface area contributed by atoms with Gasteiger partial charge < -0.3 is 84.2 Å². The van der Waals surface area contributed by atoms with Gasteiger partial charge >= 0.3 is 5.97 Å². The minimum absolute atomic E-state index is 0.163.